The predicted molar refractivity (Wildman–Crippen MR) is 85.4 cm³/mol. The summed E-state index contributed by atoms with van der Waals surface area (Å²) in [5.74, 6) is 0.502. The Kier molecular flexibility index (Phi) is 6.27. The van der Waals surface area contributed by atoms with E-state index >= 15 is 0 Å². The Labute approximate surface area is 126 Å². The van der Waals surface area contributed by atoms with Gasteiger partial charge in [0.05, 0.1) is 11.9 Å². The van der Waals surface area contributed by atoms with Gasteiger partial charge in [-0.2, -0.15) is 0 Å². The Hall–Kier alpha value is -1.98. The SMILES string of the molecule is CCCN(CCNC(=O)OC(C)(C)C)c1ccc(N)nc1. The molecule has 6 nitrogen and oxygen atoms in total. The van der Waals surface area contributed by atoms with Crippen LogP contribution in [0, 0.1) is 0 Å². The van der Waals surface area contributed by atoms with Gasteiger partial charge in [-0.05, 0) is 39.3 Å². The van der Waals surface area contributed by atoms with E-state index in [9.17, 15) is 4.79 Å². The molecule has 118 valence electrons. The molecular weight excluding hydrogens is 268 g/mol. The number of pyridine rings is 1. The largest absolute Gasteiger partial charge is 0.444 e. The highest BCUT2D eigenvalue weighted by Gasteiger charge is 2.16. The van der Waals surface area contributed by atoms with Crippen molar-refractivity contribution in [2.45, 2.75) is 39.7 Å². The Balaban J connectivity index is 2.48. The number of nitrogens with two attached hydrogens (primary N) is 1. The highest BCUT2D eigenvalue weighted by molar-refractivity contribution is 5.67. The number of hydrogen-bond donors (Lipinski definition) is 2. The average molecular weight is 294 g/mol. The minimum absolute atomic E-state index is 0.394. The lowest BCUT2D eigenvalue weighted by molar-refractivity contribution is 0.0529. The third-order valence-corrected chi connectivity index (χ3v) is 2.68. The molecule has 0 radical (unpaired) electrons. The van der Waals surface area contributed by atoms with Crippen molar-refractivity contribution >= 4 is 17.6 Å². The smallest absolute Gasteiger partial charge is 0.407 e. The summed E-state index contributed by atoms with van der Waals surface area (Å²) in [5, 5.41) is 2.76. The summed E-state index contributed by atoms with van der Waals surface area (Å²) < 4.78 is 5.20. The molecule has 0 atom stereocenters. The average Bonchev–Trinajstić information content (AvgIpc) is 2.36. The first-order valence-electron chi connectivity index (χ1n) is 7.25. The zero-order chi connectivity index (χ0) is 15.9. The standard InChI is InChI=1S/C15H26N4O2/c1-5-9-19(12-6-7-13(16)18-11-12)10-8-17-14(20)21-15(2,3)4/h6-7,11H,5,8-10H2,1-4H3,(H2,16,18)(H,17,20). The molecule has 0 saturated carbocycles. The molecule has 1 aromatic rings. The molecule has 1 heterocycles. The number of nitrogens with zero attached hydrogens (tertiary/aromatic N) is 2. The van der Waals surface area contributed by atoms with Crippen LogP contribution in [0.3, 0.4) is 0 Å². The minimum atomic E-state index is -0.478. The molecule has 3 N–H and O–H groups in total. The van der Waals surface area contributed by atoms with Crippen LogP contribution < -0.4 is 16.0 Å². The summed E-state index contributed by atoms with van der Waals surface area (Å²) >= 11 is 0. The summed E-state index contributed by atoms with van der Waals surface area (Å²) in [6, 6.07) is 3.71. The molecule has 1 rings (SSSR count). The van der Waals surface area contributed by atoms with E-state index < -0.39 is 11.7 Å². The van der Waals surface area contributed by atoms with Crippen molar-refractivity contribution in [3.63, 3.8) is 0 Å². The fraction of sp³-hybridized carbons (Fsp3) is 0.600. The number of ether oxygens (including phenoxy) is 1. The topological polar surface area (TPSA) is 80.5 Å². The molecule has 21 heavy (non-hydrogen) atoms. The second kappa shape index (κ2) is 7.71. The monoisotopic (exact) mass is 294 g/mol. The van der Waals surface area contributed by atoms with E-state index in [0.29, 0.717) is 18.9 Å². The van der Waals surface area contributed by atoms with Gasteiger partial charge in [0.15, 0.2) is 0 Å². The van der Waals surface area contributed by atoms with E-state index in [4.69, 9.17) is 10.5 Å². The Morgan fingerprint density at radius 1 is 1.38 bits per heavy atom. The van der Waals surface area contributed by atoms with Crippen LogP contribution >= 0.6 is 0 Å². The molecule has 0 aliphatic carbocycles. The van der Waals surface area contributed by atoms with Gasteiger partial charge in [-0.1, -0.05) is 6.92 Å². The lowest BCUT2D eigenvalue weighted by Gasteiger charge is -2.25. The normalized spacial score (nSPS) is 11.0. The van der Waals surface area contributed by atoms with Crippen LogP contribution in [-0.2, 0) is 4.74 Å². The fourth-order valence-corrected chi connectivity index (χ4v) is 1.83. The van der Waals surface area contributed by atoms with Crippen molar-refractivity contribution in [3.8, 4) is 0 Å². The molecule has 0 unspecified atom stereocenters. The molecule has 1 aromatic heterocycles. The number of carbonyl (C=O) groups excluding carboxylic acids is 1. The first-order valence-corrected chi connectivity index (χ1v) is 7.25. The Morgan fingerprint density at radius 2 is 2.10 bits per heavy atom. The van der Waals surface area contributed by atoms with E-state index in [1.807, 2.05) is 26.8 Å². The summed E-state index contributed by atoms with van der Waals surface area (Å²) in [5.41, 5.74) is 6.12. The second-order valence-electron chi connectivity index (χ2n) is 5.86. The van der Waals surface area contributed by atoms with Gasteiger partial charge in [0.2, 0.25) is 0 Å². The molecule has 0 aromatic carbocycles. The van der Waals surface area contributed by atoms with Crippen molar-refractivity contribution in [1.82, 2.24) is 10.3 Å². The van der Waals surface area contributed by atoms with Gasteiger partial charge in [-0.15, -0.1) is 0 Å². The molecule has 0 spiro atoms. The van der Waals surface area contributed by atoms with Crippen LogP contribution in [-0.4, -0.2) is 36.3 Å². The number of nitrogens with one attached hydrogen (secondary N) is 1. The quantitative estimate of drug-likeness (QED) is 0.842. The number of aromatic nitrogens is 1. The molecule has 1 amide bonds. The number of alkyl carbamates (subject to hydrolysis) is 1. The van der Waals surface area contributed by atoms with E-state index in [1.54, 1.807) is 12.3 Å². The van der Waals surface area contributed by atoms with Crippen LogP contribution in [0.1, 0.15) is 34.1 Å². The van der Waals surface area contributed by atoms with Crippen molar-refractivity contribution < 1.29 is 9.53 Å². The molecular formula is C15H26N4O2. The maximum atomic E-state index is 11.6. The number of amides is 1. The summed E-state index contributed by atoms with van der Waals surface area (Å²) in [6.07, 6.45) is 2.37. The first kappa shape index (κ1) is 17.1. The van der Waals surface area contributed by atoms with Crippen molar-refractivity contribution in [2.24, 2.45) is 0 Å². The number of anilines is 2. The fourth-order valence-electron chi connectivity index (χ4n) is 1.83. The third kappa shape index (κ3) is 6.83. The lowest BCUT2D eigenvalue weighted by atomic mass is 10.2. The maximum absolute atomic E-state index is 11.6. The van der Waals surface area contributed by atoms with E-state index in [0.717, 1.165) is 18.7 Å². The number of carbonyl (C=O) groups is 1. The molecule has 6 heteroatoms. The highest BCUT2D eigenvalue weighted by atomic mass is 16.6. The van der Waals surface area contributed by atoms with Crippen LogP contribution in [0.4, 0.5) is 16.3 Å². The number of hydrogen-bond acceptors (Lipinski definition) is 5. The molecule has 0 bridgehead atoms. The minimum Gasteiger partial charge on any atom is -0.444 e. The zero-order valence-electron chi connectivity index (χ0n) is 13.3. The van der Waals surface area contributed by atoms with E-state index in [2.05, 4.69) is 22.1 Å². The van der Waals surface area contributed by atoms with E-state index in [-0.39, 0.29) is 0 Å². The third-order valence-electron chi connectivity index (χ3n) is 2.68. The first-order chi connectivity index (χ1) is 9.81. The second-order valence-corrected chi connectivity index (χ2v) is 5.86. The summed E-state index contributed by atoms with van der Waals surface area (Å²) in [4.78, 5) is 17.9. The van der Waals surface area contributed by atoms with Gasteiger partial charge in [0, 0.05) is 19.6 Å². The zero-order valence-corrected chi connectivity index (χ0v) is 13.3. The van der Waals surface area contributed by atoms with Gasteiger partial charge in [-0.25, -0.2) is 9.78 Å². The van der Waals surface area contributed by atoms with Crippen LogP contribution in [0.15, 0.2) is 18.3 Å². The van der Waals surface area contributed by atoms with Gasteiger partial charge < -0.3 is 20.7 Å². The predicted octanol–water partition coefficient (Wildman–Crippen LogP) is 2.40. The number of nitrogen functional groups attached to an aromatic ring is 1. The van der Waals surface area contributed by atoms with Gasteiger partial charge in [-0.3, -0.25) is 0 Å². The summed E-state index contributed by atoms with van der Waals surface area (Å²) in [6.45, 7) is 9.74. The van der Waals surface area contributed by atoms with Gasteiger partial charge in [0.25, 0.3) is 0 Å². The van der Waals surface area contributed by atoms with Crippen LogP contribution in [0.2, 0.25) is 0 Å². The highest BCUT2D eigenvalue weighted by Crippen LogP contribution is 2.14. The van der Waals surface area contributed by atoms with E-state index in [1.165, 1.54) is 0 Å². The summed E-state index contributed by atoms with van der Waals surface area (Å²) in [7, 11) is 0. The van der Waals surface area contributed by atoms with Gasteiger partial charge in [0.1, 0.15) is 11.4 Å². The van der Waals surface area contributed by atoms with Crippen LogP contribution in [0.25, 0.3) is 0 Å². The van der Waals surface area contributed by atoms with Crippen molar-refractivity contribution in [3.05, 3.63) is 18.3 Å². The molecule has 0 aliphatic rings. The molecule has 0 aliphatic heterocycles. The molecule has 0 saturated heterocycles. The lowest BCUT2D eigenvalue weighted by Crippen LogP contribution is -2.38. The number of rotatable bonds is 6. The van der Waals surface area contributed by atoms with Crippen LogP contribution in [0.5, 0.6) is 0 Å². The van der Waals surface area contributed by atoms with Crippen molar-refractivity contribution in [2.75, 3.05) is 30.3 Å². The Morgan fingerprint density at radius 3 is 2.62 bits per heavy atom. The van der Waals surface area contributed by atoms with Crippen molar-refractivity contribution in [1.29, 1.82) is 0 Å². The molecule has 0 fully saturated rings. The Bertz CT molecular complexity index is 440. The van der Waals surface area contributed by atoms with Gasteiger partial charge >= 0.3 is 6.09 Å². The maximum Gasteiger partial charge on any atom is 0.407 e.